The van der Waals surface area contributed by atoms with E-state index in [4.69, 9.17) is 9.47 Å². The molecule has 15 heavy (non-hydrogen) atoms. The Kier molecular flexibility index (Phi) is 3.14. The summed E-state index contributed by atoms with van der Waals surface area (Å²) in [4.78, 5) is 0. The van der Waals surface area contributed by atoms with Gasteiger partial charge < -0.3 is 9.47 Å². The van der Waals surface area contributed by atoms with E-state index in [-0.39, 0.29) is 6.10 Å². The first kappa shape index (κ1) is 11.1. The van der Waals surface area contributed by atoms with Gasteiger partial charge in [-0.3, -0.25) is 0 Å². The largest absolute Gasteiger partial charge is 0.350 e. The molecule has 2 nitrogen and oxygen atoms in total. The summed E-state index contributed by atoms with van der Waals surface area (Å²) >= 11 is 3.55. The van der Waals surface area contributed by atoms with Crippen molar-refractivity contribution in [2.24, 2.45) is 0 Å². The van der Waals surface area contributed by atoms with Gasteiger partial charge in [-0.05, 0) is 25.5 Å². The number of benzene rings is 1. The molecule has 0 amide bonds. The second-order valence-corrected chi connectivity index (χ2v) is 5.02. The van der Waals surface area contributed by atoms with Crippen molar-refractivity contribution in [1.82, 2.24) is 0 Å². The van der Waals surface area contributed by atoms with Gasteiger partial charge >= 0.3 is 0 Å². The second-order valence-electron chi connectivity index (χ2n) is 4.16. The molecular formula is C12H15BrO2. The van der Waals surface area contributed by atoms with E-state index in [9.17, 15) is 0 Å². The van der Waals surface area contributed by atoms with Crippen molar-refractivity contribution in [3.63, 3.8) is 0 Å². The Bertz CT molecular complexity index is 349. The molecule has 0 aromatic heterocycles. The molecule has 0 aliphatic carbocycles. The average molecular weight is 271 g/mol. The Morgan fingerprint density at radius 1 is 1.33 bits per heavy atom. The zero-order valence-corrected chi connectivity index (χ0v) is 10.6. The lowest BCUT2D eigenvalue weighted by Crippen LogP contribution is -2.36. The fourth-order valence-electron chi connectivity index (χ4n) is 1.80. The molecule has 1 heterocycles. The number of hydrogen-bond acceptors (Lipinski definition) is 2. The van der Waals surface area contributed by atoms with Crippen LogP contribution in [0.25, 0.3) is 0 Å². The van der Waals surface area contributed by atoms with E-state index in [0.717, 1.165) is 17.5 Å². The minimum Gasteiger partial charge on any atom is -0.350 e. The fraction of sp³-hybridized carbons (Fsp3) is 0.500. The van der Waals surface area contributed by atoms with Gasteiger partial charge in [0.2, 0.25) is 0 Å². The Morgan fingerprint density at radius 2 is 2.07 bits per heavy atom. The van der Waals surface area contributed by atoms with Crippen molar-refractivity contribution in [1.29, 1.82) is 0 Å². The number of hydrogen-bond donors (Lipinski definition) is 0. The number of rotatable bonds is 1. The molecule has 1 atom stereocenters. The topological polar surface area (TPSA) is 18.5 Å². The highest BCUT2D eigenvalue weighted by Crippen LogP contribution is 2.35. The Hall–Kier alpha value is -0.380. The van der Waals surface area contributed by atoms with Crippen molar-refractivity contribution in [3.8, 4) is 0 Å². The van der Waals surface area contributed by atoms with Gasteiger partial charge in [-0.25, -0.2) is 0 Å². The third kappa shape index (κ3) is 2.60. The molecule has 82 valence electrons. The van der Waals surface area contributed by atoms with Crippen LogP contribution in [0.3, 0.4) is 0 Å². The Balaban J connectivity index is 2.21. The van der Waals surface area contributed by atoms with E-state index < -0.39 is 5.79 Å². The van der Waals surface area contributed by atoms with Crippen LogP contribution < -0.4 is 0 Å². The summed E-state index contributed by atoms with van der Waals surface area (Å²) in [5, 5.41) is 0. The van der Waals surface area contributed by atoms with Gasteiger partial charge in [-0.1, -0.05) is 34.1 Å². The molecule has 1 fully saturated rings. The first-order valence-corrected chi connectivity index (χ1v) is 5.94. The average Bonchev–Trinajstić information content (AvgIpc) is 2.17. The van der Waals surface area contributed by atoms with Crippen LogP contribution in [0.4, 0.5) is 0 Å². The van der Waals surface area contributed by atoms with Crippen LogP contribution in [-0.2, 0) is 9.47 Å². The van der Waals surface area contributed by atoms with Gasteiger partial charge in [0, 0.05) is 10.9 Å². The molecule has 0 bridgehead atoms. The summed E-state index contributed by atoms with van der Waals surface area (Å²) in [6, 6.07) is 8.18. The highest BCUT2D eigenvalue weighted by molar-refractivity contribution is 9.10. The summed E-state index contributed by atoms with van der Waals surface area (Å²) in [6.45, 7) is 4.66. The lowest BCUT2D eigenvalue weighted by atomic mass is 10.1. The maximum Gasteiger partial charge on any atom is 0.163 e. The molecule has 1 aromatic carbocycles. The van der Waals surface area contributed by atoms with Crippen molar-refractivity contribution in [3.05, 3.63) is 34.3 Å². The normalized spacial score (nSPS) is 25.1. The van der Waals surface area contributed by atoms with Crippen LogP contribution >= 0.6 is 15.9 Å². The summed E-state index contributed by atoms with van der Waals surface area (Å²) in [5.41, 5.74) is 1.20. The first-order chi connectivity index (χ1) is 7.08. The molecule has 1 unspecified atom stereocenters. The van der Waals surface area contributed by atoms with Gasteiger partial charge in [0.15, 0.2) is 5.79 Å². The van der Waals surface area contributed by atoms with Crippen molar-refractivity contribution >= 4 is 15.9 Å². The maximum atomic E-state index is 5.89. The van der Waals surface area contributed by atoms with E-state index >= 15 is 0 Å². The van der Waals surface area contributed by atoms with Crippen LogP contribution in [0.5, 0.6) is 0 Å². The highest BCUT2D eigenvalue weighted by Gasteiger charge is 2.30. The highest BCUT2D eigenvalue weighted by atomic mass is 79.9. The maximum absolute atomic E-state index is 5.89. The smallest absolute Gasteiger partial charge is 0.163 e. The summed E-state index contributed by atoms with van der Waals surface area (Å²) in [7, 11) is 0. The third-order valence-electron chi connectivity index (χ3n) is 2.51. The SMILES string of the molecule is CC1(C)OCCC(c2ccccc2Br)O1. The zero-order valence-electron chi connectivity index (χ0n) is 9.00. The van der Waals surface area contributed by atoms with Crippen LogP contribution in [0.1, 0.15) is 31.9 Å². The molecule has 1 aliphatic rings. The molecule has 0 radical (unpaired) electrons. The van der Waals surface area contributed by atoms with Gasteiger partial charge in [-0.15, -0.1) is 0 Å². The number of halogens is 1. The molecule has 0 spiro atoms. The minimum absolute atomic E-state index is 0.129. The molecule has 1 aliphatic heterocycles. The summed E-state index contributed by atoms with van der Waals surface area (Å²) < 4.78 is 12.5. The quantitative estimate of drug-likeness (QED) is 0.776. The first-order valence-electron chi connectivity index (χ1n) is 5.15. The molecule has 3 heteroatoms. The van der Waals surface area contributed by atoms with E-state index in [2.05, 4.69) is 22.0 Å². The van der Waals surface area contributed by atoms with Gasteiger partial charge in [-0.2, -0.15) is 0 Å². The van der Waals surface area contributed by atoms with Crippen molar-refractivity contribution in [2.75, 3.05) is 6.61 Å². The fourth-order valence-corrected chi connectivity index (χ4v) is 2.34. The predicted octanol–water partition coefficient (Wildman–Crippen LogP) is 3.66. The van der Waals surface area contributed by atoms with Crippen molar-refractivity contribution < 1.29 is 9.47 Å². The Morgan fingerprint density at radius 3 is 2.73 bits per heavy atom. The van der Waals surface area contributed by atoms with E-state index in [1.54, 1.807) is 0 Å². The lowest BCUT2D eigenvalue weighted by molar-refractivity contribution is -0.275. The van der Waals surface area contributed by atoms with E-state index in [1.807, 2.05) is 32.0 Å². The van der Waals surface area contributed by atoms with E-state index in [0.29, 0.717) is 0 Å². The minimum atomic E-state index is -0.474. The van der Waals surface area contributed by atoms with Crippen LogP contribution in [0.15, 0.2) is 28.7 Å². The van der Waals surface area contributed by atoms with Gasteiger partial charge in [0.25, 0.3) is 0 Å². The van der Waals surface area contributed by atoms with Gasteiger partial charge in [0.05, 0.1) is 12.7 Å². The second kappa shape index (κ2) is 4.24. The lowest BCUT2D eigenvalue weighted by Gasteiger charge is -2.36. The molecule has 1 saturated heterocycles. The van der Waals surface area contributed by atoms with Crippen LogP contribution in [0.2, 0.25) is 0 Å². The molecule has 1 aromatic rings. The summed E-state index contributed by atoms with van der Waals surface area (Å²) in [6.07, 6.45) is 1.04. The predicted molar refractivity (Wildman–Crippen MR) is 62.6 cm³/mol. The molecule has 0 saturated carbocycles. The van der Waals surface area contributed by atoms with Crippen molar-refractivity contribution in [2.45, 2.75) is 32.2 Å². The van der Waals surface area contributed by atoms with Gasteiger partial charge in [0.1, 0.15) is 0 Å². The molecule has 2 rings (SSSR count). The zero-order chi connectivity index (χ0) is 10.9. The third-order valence-corrected chi connectivity index (χ3v) is 3.23. The standard InChI is InChI=1S/C12H15BrO2/c1-12(2)14-8-7-11(15-12)9-5-3-4-6-10(9)13/h3-6,11H,7-8H2,1-2H3. The Labute approximate surface area is 98.7 Å². The van der Waals surface area contributed by atoms with E-state index in [1.165, 1.54) is 5.56 Å². The molecule has 0 N–H and O–H groups in total. The van der Waals surface area contributed by atoms with Crippen LogP contribution in [-0.4, -0.2) is 12.4 Å². The molecular weight excluding hydrogens is 256 g/mol. The monoisotopic (exact) mass is 270 g/mol. The van der Waals surface area contributed by atoms with Crippen LogP contribution in [0, 0.1) is 0 Å². The summed E-state index contributed by atoms with van der Waals surface area (Å²) in [5.74, 6) is -0.474. The number of ether oxygens (including phenoxy) is 2.